The Kier molecular flexibility index (Phi) is 2.37. The SMILES string of the molecule is O=c1[nH]c2c(Br)cccc2n1C1CCCN1. The topological polar surface area (TPSA) is 49.8 Å². The molecular weight excluding hydrogens is 270 g/mol. The maximum absolute atomic E-state index is 11.9. The van der Waals surface area contributed by atoms with Gasteiger partial charge in [0, 0.05) is 4.47 Å². The number of aromatic nitrogens is 2. The molecule has 1 aromatic carbocycles. The van der Waals surface area contributed by atoms with Crippen LogP contribution in [-0.4, -0.2) is 16.1 Å². The Morgan fingerprint density at radius 3 is 3.06 bits per heavy atom. The Morgan fingerprint density at radius 1 is 1.44 bits per heavy atom. The summed E-state index contributed by atoms with van der Waals surface area (Å²) in [5.74, 6) is 0. The highest BCUT2D eigenvalue weighted by Crippen LogP contribution is 2.24. The van der Waals surface area contributed by atoms with Crippen LogP contribution in [0, 0.1) is 0 Å². The highest BCUT2D eigenvalue weighted by atomic mass is 79.9. The fraction of sp³-hybridized carbons (Fsp3) is 0.364. The molecule has 84 valence electrons. The van der Waals surface area contributed by atoms with Crippen LogP contribution in [0.2, 0.25) is 0 Å². The highest BCUT2D eigenvalue weighted by Gasteiger charge is 2.20. The molecule has 0 aliphatic carbocycles. The lowest BCUT2D eigenvalue weighted by Gasteiger charge is -2.11. The second kappa shape index (κ2) is 3.75. The third-order valence-electron chi connectivity index (χ3n) is 3.05. The van der Waals surface area contributed by atoms with Gasteiger partial charge in [0.2, 0.25) is 0 Å². The van der Waals surface area contributed by atoms with Gasteiger partial charge >= 0.3 is 5.69 Å². The van der Waals surface area contributed by atoms with Gasteiger partial charge in [-0.1, -0.05) is 6.07 Å². The first kappa shape index (κ1) is 10.1. The van der Waals surface area contributed by atoms with E-state index in [-0.39, 0.29) is 11.9 Å². The van der Waals surface area contributed by atoms with E-state index in [1.165, 1.54) is 0 Å². The second-order valence-corrected chi connectivity index (χ2v) is 4.90. The van der Waals surface area contributed by atoms with E-state index < -0.39 is 0 Å². The van der Waals surface area contributed by atoms with Crippen molar-refractivity contribution >= 4 is 27.0 Å². The monoisotopic (exact) mass is 281 g/mol. The number of imidazole rings is 1. The standard InChI is InChI=1S/C11H12BrN3O/c12-7-3-1-4-8-10(7)14-11(16)15(8)9-5-2-6-13-9/h1,3-4,9,13H,2,5-6H2,(H,14,16). The molecule has 0 amide bonds. The molecular formula is C11H12BrN3O. The lowest BCUT2D eigenvalue weighted by molar-refractivity contribution is 0.469. The fourth-order valence-electron chi connectivity index (χ4n) is 2.31. The van der Waals surface area contributed by atoms with E-state index in [1.54, 1.807) is 0 Å². The van der Waals surface area contributed by atoms with Crippen molar-refractivity contribution < 1.29 is 0 Å². The molecule has 1 atom stereocenters. The van der Waals surface area contributed by atoms with Gasteiger partial charge < -0.3 is 4.98 Å². The summed E-state index contributed by atoms with van der Waals surface area (Å²) < 4.78 is 2.74. The number of para-hydroxylation sites is 1. The normalized spacial score (nSPS) is 20.7. The largest absolute Gasteiger partial charge is 0.327 e. The van der Waals surface area contributed by atoms with E-state index in [4.69, 9.17) is 0 Å². The van der Waals surface area contributed by atoms with Crippen molar-refractivity contribution in [2.45, 2.75) is 19.0 Å². The summed E-state index contributed by atoms with van der Waals surface area (Å²) in [5, 5.41) is 3.34. The maximum Gasteiger partial charge on any atom is 0.327 e. The second-order valence-electron chi connectivity index (χ2n) is 4.05. The zero-order valence-electron chi connectivity index (χ0n) is 8.66. The number of aromatic amines is 1. The van der Waals surface area contributed by atoms with Crippen molar-refractivity contribution in [1.82, 2.24) is 14.9 Å². The Bertz CT molecular complexity index is 580. The fourth-order valence-corrected chi connectivity index (χ4v) is 2.76. The molecule has 3 rings (SSSR count). The van der Waals surface area contributed by atoms with Gasteiger partial charge in [-0.2, -0.15) is 0 Å². The Hall–Kier alpha value is -1.07. The molecule has 5 heteroatoms. The lowest BCUT2D eigenvalue weighted by Crippen LogP contribution is -2.28. The van der Waals surface area contributed by atoms with Crippen LogP contribution in [-0.2, 0) is 0 Å². The van der Waals surface area contributed by atoms with Crippen LogP contribution in [0.25, 0.3) is 11.0 Å². The Labute approximate surface area is 101 Å². The number of benzene rings is 1. The van der Waals surface area contributed by atoms with Crippen molar-refractivity contribution in [2.75, 3.05) is 6.54 Å². The van der Waals surface area contributed by atoms with Crippen LogP contribution in [0.4, 0.5) is 0 Å². The number of halogens is 1. The van der Waals surface area contributed by atoms with Crippen molar-refractivity contribution in [2.24, 2.45) is 0 Å². The number of rotatable bonds is 1. The van der Waals surface area contributed by atoms with Crippen molar-refractivity contribution in [3.05, 3.63) is 33.2 Å². The first-order chi connectivity index (χ1) is 7.77. The van der Waals surface area contributed by atoms with E-state index in [0.29, 0.717) is 0 Å². The van der Waals surface area contributed by atoms with Gasteiger partial charge in [0.05, 0.1) is 17.2 Å². The minimum absolute atomic E-state index is 0.0405. The van der Waals surface area contributed by atoms with Crippen LogP contribution < -0.4 is 11.0 Å². The Balaban J connectivity index is 2.27. The van der Waals surface area contributed by atoms with Crippen LogP contribution in [0.5, 0.6) is 0 Å². The molecule has 0 saturated carbocycles. The Morgan fingerprint density at radius 2 is 2.31 bits per heavy atom. The summed E-state index contributed by atoms with van der Waals surface area (Å²) in [6.07, 6.45) is 2.27. The lowest BCUT2D eigenvalue weighted by atomic mass is 10.3. The molecule has 2 aromatic rings. The molecule has 1 saturated heterocycles. The number of hydrogen-bond acceptors (Lipinski definition) is 2. The molecule has 0 radical (unpaired) electrons. The average Bonchev–Trinajstić information content (AvgIpc) is 2.85. The van der Waals surface area contributed by atoms with Crippen molar-refractivity contribution in [3.8, 4) is 0 Å². The van der Waals surface area contributed by atoms with Crippen molar-refractivity contribution in [3.63, 3.8) is 0 Å². The number of fused-ring (bicyclic) bond motifs is 1. The van der Waals surface area contributed by atoms with Gasteiger partial charge in [0.25, 0.3) is 0 Å². The maximum atomic E-state index is 11.9. The first-order valence-electron chi connectivity index (χ1n) is 5.39. The van der Waals surface area contributed by atoms with Gasteiger partial charge in [-0.15, -0.1) is 0 Å². The smallest absolute Gasteiger partial charge is 0.304 e. The predicted molar refractivity (Wildman–Crippen MR) is 66.5 cm³/mol. The molecule has 1 aliphatic heterocycles. The molecule has 2 N–H and O–H groups in total. The molecule has 1 aromatic heterocycles. The summed E-state index contributed by atoms with van der Waals surface area (Å²) in [6, 6.07) is 5.85. The molecule has 16 heavy (non-hydrogen) atoms. The predicted octanol–water partition coefficient (Wildman–Crippen LogP) is 1.97. The number of nitrogens with one attached hydrogen (secondary N) is 2. The summed E-state index contributed by atoms with van der Waals surface area (Å²) >= 11 is 3.45. The third-order valence-corrected chi connectivity index (χ3v) is 3.71. The molecule has 0 bridgehead atoms. The summed E-state index contributed by atoms with van der Waals surface area (Å²) in [7, 11) is 0. The zero-order chi connectivity index (χ0) is 11.1. The van der Waals surface area contributed by atoms with E-state index in [2.05, 4.69) is 26.2 Å². The van der Waals surface area contributed by atoms with Crippen LogP contribution in [0.1, 0.15) is 19.0 Å². The molecule has 4 nitrogen and oxygen atoms in total. The van der Waals surface area contributed by atoms with Crippen molar-refractivity contribution in [1.29, 1.82) is 0 Å². The van der Waals surface area contributed by atoms with Gasteiger partial charge in [0.1, 0.15) is 0 Å². The minimum atomic E-state index is -0.0405. The number of nitrogens with zero attached hydrogens (tertiary/aromatic N) is 1. The third kappa shape index (κ3) is 1.43. The number of H-pyrrole nitrogens is 1. The molecule has 1 fully saturated rings. The van der Waals surface area contributed by atoms with Crippen LogP contribution in [0.15, 0.2) is 27.5 Å². The summed E-state index contributed by atoms with van der Waals surface area (Å²) in [6.45, 7) is 0.984. The van der Waals surface area contributed by atoms with Gasteiger partial charge in [-0.05, 0) is 47.4 Å². The van der Waals surface area contributed by atoms with Crippen LogP contribution in [0.3, 0.4) is 0 Å². The molecule has 1 aliphatic rings. The summed E-state index contributed by atoms with van der Waals surface area (Å²) in [4.78, 5) is 14.8. The minimum Gasteiger partial charge on any atom is -0.304 e. The van der Waals surface area contributed by atoms with Gasteiger partial charge in [-0.3, -0.25) is 9.88 Å². The number of hydrogen-bond donors (Lipinski definition) is 2. The zero-order valence-corrected chi connectivity index (χ0v) is 10.3. The van der Waals surface area contributed by atoms with Gasteiger partial charge in [-0.25, -0.2) is 4.79 Å². The molecule has 2 heterocycles. The highest BCUT2D eigenvalue weighted by molar-refractivity contribution is 9.10. The van der Waals surface area contributed by atoms with Crippen LogP contribution >= 0.6 is 15.9 Å². The average molecular weight is 282 g/mol. The first-order valence-corrected chi connectivity index (χ1v) is 6.19. The molecule has 0 spiro atoms. The van der Waals surface area contributed by atoms with E-state index in [0.717, 1.165) is 34.9 Å². The van der Waals surface area contributed by atoms with Gasteiger partial charge in [0.15, 0.2) is 0 Å². The van der Waals surface area contributed by atoms with E-state index in [1.807, 2.05) is 22.8 Å². The van der Waals surface area contributed by atoms with E-state index in [9.17, 15) is 4.79 Å². The van der Waals surface area contributed by atoms with E-state index >= 15 is 0 Å². The quantitative estimate of drug-likeness (QED) is 0.840. The summed E-state index contributed by atoms with van der Waals surface area (Å²) in [5.41, 5.74) is 1.79. The molecule has 1 unspecified atom stereocenters.